The van der Waals surface area contributed by atoms with Crippen molar-refractivity contribution in [3.05, 3.63) is 29.8 Å². The Morgan fingerprint density at radius 3 is 3.04 bits per heavy atom. The summed E-state index contributed by atoms with van der Waals surface area (Å²) in [6, 6.07) is 7.86. The van der Waals surface area contributed by atoms with Gasteiger partial charge in [-0.3, -0.25) is 9.69 Å². The summed E-state index contributed by atoms with van der Waals surface area (Å²) < 4.78 is 5.73. The van der Waals surface area contributed by atoms with E-state index in [1.54, 1.807) is 4.90 Å². The van der Waals surface area contributed by atoms with Gasteiger partial charge in [0.05, 0.1) is 19.1 Å². The van der Waals surface area contributed by atoms with Crippen molar-refractivity contribution in [1.82, 2.24) is 9.80 Å². The summed E-state index contributed by atoms with van der Waals surface area (Å²) in [5.74, 6) is 3.65. The van der Waals surface area contributed by atoms with E-state index in [4.69, 9.17) is 11.2 Å². The maximum atomic E-state index is 12.6. The summed E-state index contributed by atoms with van der Waals surface area (Å²) in [4.78, 5) is 16.5. The third-order valence-corrected chi connectivity index (χ3v) is 4.25. The smallest absolute Gasteiger partial charge is 0.239 e. The first kappa shape index (κ1) is 17.4. The number of aryl methyl sites for hydroxylation is 1. The molecular weight excluding hydrogens is 288 g/mol. The number of terminal acetylenes is 1. The van der Waals surface area contributed by atoms with Gasteiger partial charge in [-0.1, -0.05) is 24.5 Å². The molecule has 1 saturated heterocycles. The Kier molecular flexibility index (Phi) is 6.49. The zero-order chi connectivity index (χ0) is 16.7. The molecule has 23 heavy (non-hydrogen) atoms. The number of hydrogen-bond acceptors (Lipinski definition) is 3. The highest BCUT2D eigenvalue weighted by Crippen LogP contribution is 2.18. The van der Waals surface area contributed by atoms with Crippen molar-refractivity contribution in [2.24, 2.45) is 0 Å². The van der Waals surface area contributed by atoms with Gasteiger partial charge in [0.15, 0.2) is 0 Å². The lowest BCUT2D eigenvalue weighted by Crippen LogP contribution is -2.50. The first-order valence-electron chi connectivity index (χ1n) is 8.24. The van der Waals surface area contributed by atoms with E-state index in [2.05, 4.69) is 10.8 Å². The molecule has 1 atom stereocenters. The van der Waals surface area contributed by atoms with Gasteiger partial charge < -0.3 is 9.64 Å². The zero-order valence-corrected chi connectivity index (χ0v) is 14.1. The molecule has 4 heteroatoms. The Bertz CT molecular complexity index is 565. The van der Waals surface area contributed by atoms with Crippen LogP contribution in [-0.2, 0) is 4.79 Å². The van der Waals surface area contributed by atoms with Crippen LogP contribution in [0.5, 0.6) is 5.75 Å². The standard InChI is InChI=1S/C19H26N2O2/c1-4-11-21-12-6-5-10-18(21)19(22)20(3)13-14-23-17-9-7-8-16(2)15-17/h1,7-9,15,18H,5-6,10-14H2,2-3H3. The lowest BCUT2D eigenvalue weighted by Gasteiger charge is -2.35. The molecule has 0 saturated carbocycles. The zero-order valence-electron chi connectivity index (χ0n) is 14.1. The number of carbonyl (C=O) groups is 1. The molecule has 0 aliphatic carbocycles. The van der Waals surface area contributed by atoms with E-state index in [1.807, 2.05) is 38.2 Å². The van der Waals surface area contributed by atoms with Gasteiger partial charge >= 0.3 is 0 Å². The molecular formula is C19H26N2O2. The van der Waals surface area contributed by atoms with Gasteiger partial charge in [0.25, 0.3) is 0 Å². The summed E-state index contributed by atoms with van der Waals surface area (Å²) >= 11 is 0. The summed E-state index contributed by atoms with van der Waals surface area (Å²) in [7, 11) is 1.84. The van der Waals surface area contributed by atoms with E-state index in [-0.39, 0.29) is 11.9 Å². The minimum absolute atomic E-state index is 0.0798. The van der Waals surface area contributed by atoms with Gasteiger partial charge in [0.1, 0.15) is 12.4 Å². The predicted molar refractivity (Wildman–Crippen MR) is 92.4 cm³/mol. The molecule has 4 nitrogen and oxygen atoms in total. The molecule has 1 aromatic carbocycles. The second-order valence-electron chi connectivity index (χ2n) is 6.11. The number of likely N-dealkylation sites (tertiary alicyclic amines) is 1. The van der Waals surface area contributed by atoms with Crippen LogP contribution in [0.4, 0.5) is 0 Å². The van der Waals surface area contributed by atoms with Crippen LogP contribution in [0, 0.1) is 19.3 Å². The fourth-order valence-corrected chi connectivity index (χ4v) is 2.95. The van der Waals surface area contributed by atoms with Gasteiger partial charge in [-0.15, -0.1) is 6.42 Å². The monoisotopic (exact) mass is 314 g/mol. The van der Waals surface area contributed by atoms with Crippen molar-refractivity contribution in [3.63, 3.8) is 0 Å². The molecule has 124 valence electrons. The molecule has 1 heterocycles. The topological polar surface area (TPSA) is 32.8 Å². The quantitative estimate of drug-likeness (QED) is 0.756. The summed E-state index contributed by atoms with van der Waals surface area (Å²) in [6.07, 6.45) is 8.52. The number of carbonyl (C=O) groups excluding carboxylic acids is 1. The average Bonchev–Trinajstić information content (AvgIpc) is 2.55. The number of piperidine rings is 1. The third-order valence-electron chi connectivity index (χ3n) is 4.25. The van der Waals surface area contributed by atoms with Crippen molar-refractivity contribution in [1.29, 1.82) is 0 Å². The molecule has 0 bridgehead atoms. The van der Waals surface area contributed by atoms with Crippen LogP contribution in [0.3, 0.4) is 0 Å². The second-order valence-corrected chi connectivity index (χ2v) is 6.11. The van der Waals surface area contributed by atoms with E-state index in [9.17, 15) is 4.79 Å². The number of likely N-dealkylation sites (N-methyl/N-ethyl adjacent to an activating group) is 1. The molecule has 1 aromatic rings. The van der Waals surface area contributed by atoms with Crippen molar-refractivity contribution >= 4 is 5.91 Å². The van der Waals surface area contributed by atoms with E-state index >= 15 is 0 Å². The summed E-state index contributed by atoms with van der Waals surface area (Å²) in [6.45, 7) is 4.56. The maximum Gasteiger partial charge on any atom is 0.239 e. The summed E-state index contributed by atoms with van der Waals surface area (Å²) in [5.41, 5.74) is 1.17. The van der Waals surface area contributed by atoms with Crippen molar-refractivity contribution in [3.8, 4) is 18.1 Å². The van der Waals surface area contributed by atoms with E-state index in [0.717, 1.165) is 31.6 Å². The van der Waals surface area contributed by atoms with Crippen LogP contribution in [-0.4, -0.2) is 55.0 Å². The van der Waals surface area contributed by atoms with Crippen molar-refractivity contribution in [2.75, 3.05) is 33.3 Å². The number of ether oxygens (including phenoxy) is 1. The first-order valence-corrected chi connectivity index (χ1v) is 8.24. The Balaban J connectivity index is 1.83. The largest absolute Gasteiger partial charge is 0.492 e. The lowest BCUT2D eigenvalue weighted by molar-refractivity contribution is -0.137. The number of benzene rings is 1. The summed E-state index contributed by atoms with van der Waals surface area (Å²) in [5, 5.41) is 0. The van der Waals surface area contributed by atoms with E-state index in [1.165, 1.54) is 5.56 Å². The Morgan fingerprint density at radius 2 is 2.30 bits per heavy atom. The number of amides is 1. The van der Waals surface area contributed by atoms with Crippen LogP contribution >= 0.6 is 0 Å². The minimum Gasteiger partial charge on any atom is -0.492 e. The second kappa shape index (κ2) is 8.59. The minimum atomic E-state index is -0.0798. The van der Waals surface area contributed by atoms with Gasteiger partial charge in [-0.05, 0) is 44.0 Å². The Hall–Kier alpha value is -1.99. The number of rotatable bonds is 6. The molecule has 0 radical (unpaired) electrons. The molecule has 1 unspecified atom stereocenters. The highest BCUT2D eigenvalue weighted by Gasteiger charge is 2.29. The van der Waals surface area contributed by atoms with Gasteiger partial charge in [-0.2, -0.15) is 0 Å². The van der Waals surface area contributed by atoms with Crippen LogP contribution in [0.25, 0.3) is 0 Å². The van der Waals surface area contributed by atoms with Crippen LogP contribution in [0.15, 0.2) is 24.3 Å². The van der Waals surface area contributed by atoms with Crippen LogP contribution in [0.2, 0.25) is 0 Å². The number of nitrogens with zero attached hydrogens (tertiary/aromatic N) is 2. The predicted octanol–water partition coefficient (Wildman–Crippen LogP) is 2.32. The van der Waals surface area contributed by atoms with E-state index < -0.39 is 0 Å². The SMILES string of the molecule is C#CCN1CCCCC1C(=O)N(C)CCOc1cccc(C)c1. The fourth-order valence-electron chi connectivity index (χ4n) is 2.95. The van der Waals surface area contributed by atoms with Gasteiger partial charge in [0, 0.05) is 7.05 Å². The molecule has 1 aliphatic rings. The molecule has 0 aromatic heterocycles. The van der Waals surface area contributed by atoms with Crippen molar-refractivity contribution in [2.45, 2.75) is 32.2 Å². The van der Waals surface area contributed by atoms with Crippen LogP contribution < -0.4 is 4.74 Å². The third kappa shape index (κ3) is 5.01. The maximum absolute atomic E-state index is 12.6. The van der Waals surface area contributed by atoms with Crippen molar-refractivity contribution < 1.29 is 9.53 Å². The average molecular weight is 314 g/mol. The Labute approximate surface area is 139 Å². The molecule has 0 spiro atoms. The fraction of sp³-hybridized carbons (Fsp3) is 0.526. The molecule has 0 N–H and O–H groups in total. The van der Waals surface area contributed by atoms with Gasteiger partial charge in [-0.25, -0.2) is 0 Å². The molecule has 1 fully saturated rings. The lowest BCUT2D eigenvalue weighted by atomic mass is 10.0. The highest BCUT2D eigenvalue weighted by atomic mass is 16.5. The molecule has 1 aliphatic heterocycles. The molecule has 2 rings (SSSR count). The van der Waals surface area contributed by atoms with Gasteiger partial charge in [0.2, 0.25) is 5.91 Å². The first-order chi connectivity index (χ1) is 11.1. The van der Waals surface area contributed by atoms with Crippen LogP contribution in [0.1, 0.15) is 24.8 Å². The normalized spacial score (nSPS) is 18.2. The number of hydrogen-bond donors (Lipinski definition) is 0. The molecule has 1 amide bonds. The Morgan fingerprint density at radius 1 is 1.48 bits per heavy atom. The van der Waals surface area contributed by atoms with E-state index in [0.29, 0.717) is 19.7 Å². The highest BCUT2D eigenvalue weighted by molar-refractivity contribution is 5.81.